The summed E-state index contributed by atoms with van der Waals surface area (Å²) in [5.41, 5.74) is -0.188. The van der Waals surface area contributed by atoms with Crippen LogP contribution in [-0.4, -0.2) is 168 Å². The molecule has 3 saturated heterocycles. The van der Waals surface area contributed by atoms with Crippen LogP contribution in [0, 0.1) is 50.2 Å². The number of aliphatic hydroxyl groups excluding tert-OH is 9. The van der Waals surface area contributed by atoms with Crippen molar-refractivity contribution in [1.29, 1.82) is 0 Å². The maximum absolute atomic E-state index is 13.2. The topological polar surface area (TPSA) is 275 Å². The molecular weight excluding hydrogens is 849 g/mol. The maximum Gasteiger partial charge on any atom is 0.310 e. The smallest absolute Gasteiger partial charge is 0.310 e. The maximum atomic E-state index is 13.2. The second-order valence-electron chi connectivity index (χ2n) is 23.5. The highest BCUT2D eigenvalue weighted by Gasteiger charge is 2.70. The summed E-state index contributed by atoms with van der Waals surface area (Å²) in [5.74, 6) is -0.190. The molecule has 372 valence electrons. The fraction of sp³-hybridized carbons (Fsp3) is 0.938. The van der Waals surface area contributed by atoms with Crippen LogP contribution in [0.1, 0.15) is 120 Å². The third kappa shape index (κ3) is 7.81. The lowest BCUT2D eigenvalue weighted by Gasteiger charge is -2.71. The largest absolute Gasteiger partial charge is 0.481 e. The number of aliphatic carboxylic acids is 1. The molecule has 8 rings (SSSR count). The van der Waals surface area contributed by atoms with Crippen LogP contribution in [-0.2, 0) is 33.2 Å². The molecule has 0 aromatic heterocycles. The Balaban J connectivity index is 1.09. The molecule has 5 aliphatic carbocycles. The summed E-state index contributed by atoms with van der Waals surface area (Å²) < 4.78 is 37.3. The quantitative estimate of drug-likeness (QED) is 0.117. The molecule has 0 amide bonds. The predicted molar refractivity (Wildman–Crippen MR) is 229 cm³/mol. The summed E-state index contributed by atoms with van der Waals surface area (Å²) in [6.45, 7) is 16.3. The zero-order valence-electron chi connectivity index (χ0n) is 39.4. The molecule has 0 bridgehead atoms. The molecule has 0 aromatic rings. The van der Waals surface area contributed by atoms with Crippen molar-refractivity contribution in [2.75, 3.05) is 13.2 Å². The molecule has 17 heteroatoms. The van der Waals surface area contributed by atoms with Crippen LogP contribution >= 0.6 is 0 Å². The number of carboxylic acids is 1. The van der Waals surface area contributed by atoms with Crippen LogP contribution in [0.2, 0.25) is 0 Å². The molecular formula is C48H78O17. The van der Waals surface area contributed by atoms with Crippen molar-refractivity contribution in [1.82, 2.24) is 0 Å². The Morgan fingerprint density at radius 1 is 0.646 bits per heavy atom. The molecule has 0 aromatic carbocycles. The average Bonchev–Trinajstić information content (AvgIpc) is 3.24. The fourth-order valence-corrected chi connectivity index (χ4v) is 15.1. The van der Waals surface area contributed by atoms with Gasteiger partial charge in [-0.05, 0) is 116 Å². The molecule has 4 saturated carbocycles. The summed E-state index contributed by atoms with van der Waals surface area (Å²) in [7, 11) is 0. The zero-order valence-corrected chi connectivity index (χ0v) is 39.4. The monoisotopic (exact) mass is 927 g/mol. The number of fused-ring (bicyclic) bond motifs is 7. The molecule has 0 radical (unpaired) electrons. The number of hydrogen-bond acceptors (Lipinski definition) is 16. The standard InChI is InChI=1S/C48H78O17/c1-22-30(51)33(54)35(56)39(60-22)65-38-37(64-40-36(57)34(55)31(52)25(20-49)61-40)32(53)26(21-50)62-41(38)63-29-12-13-45(6)27(44(29,4)5)11-14-47(8)28(45)10-9-23-24-19-43(2,3)15-17-48(24,42(58)59)18-16-46(23,47)7/h9,22,24-41,49-57H,10-21H2,1-8H3,(H,58,59)/t22-,24?,25+,26+,27-,28+,29-,30-,31+,32+,33+,34-,35+,36+,37-,38+,39+,40-,41-,45-,46+,47+,48-/m0/s1. The molecule has 3 heterocycles. The van der Waals surface area contributed by atoms with Gasteiger partial charge in [-0.3, -0.25) is 4.79 Å². The van der Waals surface area contributed by atoms with Crippen molar-refractivity contribution in [2.45, 2.75) is 218 Å². The van der Waals surface area contributed by atoms with Gasteiger partial charge in [0.1, 0.15) is 67.1 Å². The SMILES string of the molecule is C[C@@H]1O[C@H](O[C@H]2[C@H](O[C@H]3CC[C@]4(C)[C@H]5CC=C6C7CC(C)(C)CC[C@]7(C(=O)O)CC[C@@]6(C)[C@]5(C)CC[C@H]4C3(C)C)O[C@H](CO)[C@@H](O)[C@@H]2O[C@@H]2O[C@H](CO)[C@@H](O)[C@H](O)[C@H]2O)[C@H](O)[C@H](O)[C@H]1O. The van der Waals surface area contributed by atoms with Crippen LogP contribution in [0.4, 0.5) is 0 Å². The lowest BCUT2D eigenvalue weighted by atomic mass is 9.33. The molecule has 65 heavy (non-hydrogen) atoms. The number of carbonyl (C=O) groups is 1. The fourth-order valence-electron chi connectivity index (χ4n) is 15.1. The summed E-state index contributed by atoms with van der Waals surface area (Å²) in [6, 6.07) is 0. The van der Waals surface area contributed by atoms with Crippen LogP contribution < -0.4 is 0 Å². The number of ether oxygens (including phenoxy) is 6. The van der Waals surface area contributed by atoms with Gasteiger partial charge in [-0.15, -0.1) is 0 Å². The number of rotatable bonds is 9. The first kappa shape index (κ1) is 50.0. The Morgan fingerprint density at radius 3 is 1.88 bits per heavy atom. The van der Waals surface area contributed by atoms with E-state index < -0.39 is 128 Å². The summed E-state index contributed by atoms with van der Waals surface area (Å²) in [4.78, 5) is 13.2. The third-order valence-corrected chi connectivity index (χ3v) is 19.3. The molecule has 23 atom stereocenters. The Hall–Kier alpha value is -1.39. The second-order valence-corrected chi connectivity index (χ2v) is 23.5. The predicted octanol–water partition coefficient (Wildman–Crippen LogP) is 1.73. The van der Waals surface area contributed by atoms with E-state index in [9.17, 15) is 55.9 Å². The Labute approximate surface area is 382 Å². The van der Waals surface area contributed by atoms with E-state index in [1.54, 1.807) is 0 Å². The minimum atomic E-state index is -1.87. The highest BCUT2D eigenvalue weighted by molar-refractivity contribution is 5.76. The minimum absolute atomic E-state index is 0.00322. The number of hydrogen-bond donors (Lipinski definition) is 10. The van der Waals surface area contributed by atoms with Crippen molar-refractivity contribution in [3.8, 4) is 0 Å². The highest BCUT2D eigenvalue weighted by atomic mass is 16.8. The van der Waals surface area contributed by atoms with Gasteiger partial charge >= 0.3 is 5.97 Å². The molecule has 0 spiro atoms. The lowest BCUT2D eigenvalue weighted by Crippen LogP contribution is -2.68. The highest BCUT2D eigenvalue weighted by Crippen LogP contribution is 2.76. The van der Waals surface area contributed by atoms with Gasteiger partial charge in [0.05, 0.1) is 30.8 Å². The van der Waals surface area contributed by atoms with Crippen molar-refractivity contribution < 1.29 is 84.3 Å². The Morgan fingerprint density at radius 2 is 1.23 bits per heavy atom. The number of carboxylic acid groups (broad SMARTS) is 1. The number of allylic oxidation sites excluding steroid dienone is 2. The van der Waals surface area contributed by atoms with Gasteiger partial charge in [0.2, 0.25) is 0 Å². The van der Waals surface area contributed by atoms with Crippen LogP contribution in [0.25, 0.3) is 0 Å². The van der Waals surface area contributed by atoms with Gasteiger partial charge in [0.15, 0.2) is 18.9 Å². The van der Waals surface area contributed by atoms with Crippen molar-refractivity contribution in [2.24, 2.45) is 50.2 Å². The minimum Gasteiger partial charge on any atom is -0.481 e. The second kappa shape index (κ2) is 17.5. The molecule has 8 aliphatic rings. The van der Waals surface area contributed by atoms with E-state index in [0.717, 1.165) is 44.9 Å². The van der Waals surface area contributed by atoms with Gasteiger partial charge in [-0.25, -0.2) is 0 Å². The van der Waals surface area contributed by atoms with E-state index >= 15 is 0 Å². The van der Waals surface area contributed by atoms with Crippen LogP contribution in [0.3, 0.4) is 0 Å². The zero-order chi connectivity index (χ0) is 47.6. The van der Waals surface area contributed by atoms with Gasteiger partial charge in [-0.2, -0.15) is 0 Å². The third-order valence-electron chi connectivity index (χ3n) is 19.3. The molecule has 1 unspecified atom stereocenters. The molecule has 3 aliphatic heterocycles. The average molecular weight is 927 g/mol. The Bertz CT molecular complexity index is 1780. The number of aliphatic hydroxyl groups is 9. The molecule has 10 N–H and O–H groups in total. The first-order chi connectivity index (χ1) is 30.3. The summed E-state index contributed by atoms with van der Waals surface area (Å²) in [6.07, 6.45) is -13.6. The van der Waals surface area contributed by atoms with Gasteiger partial charge in [0, 0.05) is 0 Å². The lowest BCUT2D eigenvalue weighted by molar-refractivity contribution is -0.398. The van der Waals surface area contributed by atoms with Gasteiger partial charge in [0.25, 0.3) is 0 Å². The van der Waals surface area contributed by atoms with Gasteiger partial charge < -0.3 is 79.5 Å². The van der Waals surface area contributed by atoms with Crippen molar-refractivity contribution in [3.05, 3.63) is 11.6 Å². The van der Waals surface area contributed by atoms with E-state index in [1.165, 1.54) is 12.5 Å². The summed E-state index contributed by atoms with van der Waals surface area (Å²) >= 11 is 0. The molecule has 17 nitrogen and oxygen atoms in total. The normalized spacial score (nSPS) is 54.0. The van der Waals surface area contributed by atoms with E-state index in [2.05, 4.69) is 54.5 Å². The van der Waals surface area contributed by atoms with Crippen molar-refractivity contribution in [3.63, 3.8) is 0 Å². The summed E-state index contributed by atoms with van der Waals surface area (Å²) in [5, 5.41) is 107. The van der Waals surface area contributed by atoms with E-state index in [-0.39, 0.29) is 33.5 Å². The molecule has 7 fully saturated rings. The van der Waals surface area contributed by atoms with Crippen molar-refractivity contribution >= 4 is 5.97 Å². The van der Waals surface area contributed by atoms with Crippen LogP contribution in [0.15, 0.2) is 11.6 Å². The first-order valence-corrected chi connectivity index (χ1v) is 24.2. The first-order valence-electron chi connectivity index (χ1n) is 24.2. The van der Waals surface area contributed by atoms with Gasteiger partial charge in [-0.1, -0.05) is 60.1 Å². The van der Waals surface area contributed by atoms with Crippen LogP contribution in [0.5, 0.6) is 0 Å². The Kier molecular flexibility index (Phi) is 13.4. The van der Waals surface area contributed by atoms with E-state index in [1.807, 2.05) is 0 Å². The van der Waals surface area contributed by atoms with E-state index in [0.29, 0.717) is 25.2 Å². The van der Waals surface area contributed by atoms with E-state index in [4.69, 9.17) is 28.4 Å².